The molecule has 0 saturated heterocycles. The lowest BCUT2D eigenvalue weighted by molar-refractivity contribution is -0.385. The molecular weight excluding hydrogens is 220 g/mol. The predicted molar refractivity (Wildman–Crippen MR) is 64.7 cm³/mol. The third-order valence-electron chi connectivity index (χ3n) is 2.17. The highest BCUT2D eigenvalue weighted by atomic mass is 16.6. The fraction of sp³-hybridized carbons (Fsp3) is 0.364. The molecule has 0 aromatic carbocycles. The van der Waals surface area contributed by atoms with Crippen LogP contribution < -0.4 is 0 Å². The van der Waals surface area contributed by atoms with Crippen molar-refractivity contribution in [2.24, 2.45) is 14.1 Å². The van der Waals surface area contributed by atoms with Gasteiger partial charge in [-0.1, -0.05) is 0 Å². The summed E-state index contributed by atoms with van der Waals surface area (Å²) < 4.78 is 3.46. The Morgan fingerprint density at radius 1 is 1.29 bits per heavy atom. The minimum atomic E-state index is -0.380. The van der Waals surface area contributed by atoms with Gasteiger partial charge in [-0.05, 0) is 19.9 Å². The lowest BCUT2D eigenvalue weighted by atomic mass is 10.3. The number of nitrogens with zero attached hydrogens (tertiary/aromatic N) is 4. The van der Waals surface area contributed by atoms with Crippen LogP contribution in [0.4, 0.5) is 5.69 Å². The smallest absolute Gasteiger partial charge is 0.289 e. The summed E-state index contributed by atoms with van der Waals surface area (Å²) in [6.45, 7) is 3.69. The minimum Gasteiger partial charge on any atom is -0.351 e. The van der Waals surface area contributed by atoms with E-state index in [4.69, 9.17) is 0 Å². The Morgan fingerprint density at radius 3 is 2.12 bits per heavy atom. The Kier molecular flexibility index (Phi) is 4.03. The van der Waals surface area contributed by atoms with Gasteiger partial charge in [0.1, 0.15) is 0 Å². The molecule has 0 saturated carbocycles. The average molecular weight is 236 g/mol. The summed E-state index contributed by atoms with van der Waals surface area (Å²) >= 11 is 0. The molecule has 0 spiro atoms. The zero-order chi connectivity index (χ0) is 13.0. The van der Waals surface area contributed by atoms with Crippen LogP contribution in [0.5, 0.6) is 0 Å². The first kappa shape index (κ1) is 13.0. The molecule has 2 heterocycles. The Labute approximate surface area is 99.6 Å². The average Bonchev–Trinajstić information content (AvgIpc) is 2.73. The minimum absolute atomic E-state index is 0.183. The number of hydrogen-bond acceptors (Lipinski definition) is 3. The van der Waals surface area contributed by atoms with Gasteiger partial charge in [0.25, 0.3) is 5.69 Å². The van der Waals surface area contributed by atoms with Gasteiger partial charge in [0.15, 0.2) is 0 Å². The van der Waals surface area contributed by atoms with Crippen molar-refractivity contribution in [2.45, 2.75) is 13.8 Å². The molecule has 0 N–H and O–H groups in total. The summed E-state index contributed by atoms with van der Waals surface area (Å²) in [6, 6.07) is 1.97. The van der Waals surface area contributed by atoms with Crippen molar-refractivity contribution in [1.82, 2.24) is 14.3 Å². The van der Waals surface area contributed by atoms with Crippen molar-refractivity contribution in [1.29, 1.82) is 0 Å². The fourth-order valence-electron chi connectivity index (χ4n) is 1.43. The first-order valence-corrected chi connectivity index (χ1v) is 5.13. The van der Waals surface area contributed by atoms with Crippen molar-refractivity contribution in [2.75, 3.05) is 0 Å². The molecule has 92 valence electrons. The molecule has 2 aromatic rings. The van der Waals surface area contributed by atoms with Gasteiger partial charge in [-0.2, -0.15) is 5.10 Å². The van der Waals surface area contributed by atoms with E-state index in [0.717, 1.165) is 5.69 Å². The zero-order valence-corrected chi connectivity index (χ0v) is 10.4. The number of aromatic nitrogens is 3. The van der Waals surface area contributed by atoms with Gasteiger partial charge in [-0.15, -0.1) is 0 Å². The molecule has 0 aliphatic rings. The van der Waals surface area contributed by atoms with Gasteiger partial charge in [0.05, 0.1) is 16.8 Å². The first-order chi connectivity index (χ1) is 7.90. The molecule has 6 nitrogen and oxygen atoms in total. The quantitative estimate of drug-likeness (QED) is 0.561. The van der Waals surface area contributed by atoms with E-state index in [1.165, 1.54) is 6.20 Å². The summed E-state index contributed by atoms with van der Waals surface area (Å²) in [7, 11) is 3.67. The van der Waals surface area contributed by atoms with Crippen molar-refractivity contribution in [3.8, 4) is 0 Å². The maximum atomic E-state index is 10.2. The van der Waals surface area contributed by atoms with Crippen LogP contribution in [-0.2, 0) is 14.1 Å². The van der Waals surface area contributed by atoms with Crippen LogP contribution in [0.1, 0.15) is 11.3 Å². The molecular formula is C11H16N4O2. The number of nitro groups is 1. The number of aryl methyl sites for hydroxylation is 4. The van der Waals surface area contributed by atoms with E-state index < -0.39 is 0 Å². The third-order valence-corrected chi connectivity index (χ3v) is 2.17. The maximum absolute atomic E-state index is 10.2. The van der Waals surface area contributed by atoms with Crippen LogP contribution in [0.25, 0.3) is 0 Å². The van der Waals surface area contributed by atoms with E-state index in [9.17, 15) is 10.1 Å². The summed E-state index contributed by atoms with van der Waals surface area (Å²) in [4.78, 5) is 9.85. The summed E-state index contributed by atoms with van der Waals surface area (Å²) in [5.74, 6) is 0. The van der Waals surface area contributed by atoms with Crippen LogP contribution in [0.15, 0.2) is 24.7 Å². The molecule has 0 unspecified atom stereocenters. The maximum Gasteiger partial charge on any atom is 0.289 e. The van der Waals surface area contributed by atoms with Crippen LogP contribution >= 0.6 is 0 Å². The molecule has 6 heteroatoms. The Morgan fingerprint density at radius 2 is 1.94 bits per heavy atom. The highest BCUT2D eigenvalue weighted by Gasteiger charge is 2.10. The van der Waals surface area contributed by atoms with Gasteiger partial charge in [-0.25, -0.2) is 0 Å². The number of rotatable bonds is 1. The van der Waals surface area contributed by atoms with Gasteiger partial charge in [0, 0.05) is 32.1 Å². The van der Waals surface area contributed by atoms with Gasteiger partial charge in [0.2, 0.25) is 0 Å². The third kappa shape index (κ3) is 3.75. The Bertz CT molecular complexity index is 497. The first-order valence-electron chi connectivity index (χ1n) is 5.13. The topological polar surface area (TPSA) is 65.9 Å². The van der Waals surface area contributed by atoms with Crippen LogP contribution in [0.2, 0.25) is 0 Å². The van der Waals surface area contributed by atoms with E-state index in [0.29, 0.717) is 5.56 Å². The van der Waals surface area contributed by atoms with E-state index in [1.54, 1.807) is 29.4 Å². The fourth-order valence-corrected chi connectivity index (χ4v) is 1.43. The van der Waals surface area contributed by atoms with Crippen molar-refractivity contribution >= 4 is 5.69 Å². The largest absolute Gasteiger partial charge is 0.351 e. The summed E-state index contributed by atoms with van der Waals surface area (Å²) in [5, 5.41) is 14.3. The second-order valence-electron chi connectivity index (χ2n) is 3.88. The second kappa shape index (κ2) is 5.29. The van der Waals surface area contributed by atoms with E-state index in [1.807, 2.05) is 26.2 Å². The monoisotopic (exact) mass is 236 g/mol. The van der Waals surface area contributed by atoms with Crippen LogP contribution in [0, 0.1) is 24.0 Å². The highest BCUT2D eigenvalue weighted by Crippen LogP contribution is 2.16. The lowest BCUT2D eigenvalue weighted by Crippen LogP contribution is -1.86. The second-order valence-corrected chi connectivity index (χ2v) is 3.88. The van der Waals surface area contributed by atoms with Crippen LogP contribution in [-0.4, -0.2) is 19.3 Å². The molecule has 0 aliphatic carbocycles. The molecule has 2 aromatic heterocycles. The lowest BCUT2D eigenvalue weighted by Gasteiger charge is -1.83. The standard InChI is InChI=1S/C6H8N2O2.C5H8N2/c1-5-3-7(2)4-6(5)8(9)10;1-5-3-4-7(2)6-5/h3-4H,1-2H3;3-4H,1-2H3. The predicted octanol–water partition coefficient (Wildman–Crippen LogP) is 1.97. The van der Waals surface area contributed by atoms with E-state index >= 15 is 0 Å². The normalized spacial score (nSPS) is 9.65. The molecule has 0 amide bonds. The zero-order valence-electron chi connectivity index (χ0n) is 10.4. The van der Waals surface area contributed by atoms with Gasteiger partial charge < -0.3 is 4.57 Å². The van der Waals surface area contributed by atoms with Gasteiger partial charge >= 0.3 is 0 Å². The van der Waals surface area contributed by atoms with E-state index in [2.05, 4.69) is 5.10 Å². The van der Waals surface area contributed by atoms with Gasteiger partial charge in [-0.3, -0.25) is 14.8 Å². The SMILES string of the molecule is Cc1ccn(C)n1.Cc1cn(C)cc1[N+](=O)[O-]. The Hall–Kier alpha value is -2.11. The molecule has 0 radical (unpaired) electrons. The molecule has 2 rings (SSSR count). The van der Waals surface area contributed by atoms with E-state index in [-0.39, 0.29) is 10.6 Å². The molecule has 0 aliphatic heterocycles. The van der Waals surface area contributed by atoms with Crippen molar-refractivity contribution in [3.05, 3.63) is 46.0 Å². The molecule has 0 bridgehead atoms. The number of hydrogen-bond donors (Lipinski definition) is 0. The van der Waals surface area contributed by atoms with Crippen molar-refractivity contribution < 1.29 is 4.92 Å². The molecule has 0 fully saturated rings. The Balaban J connectivity index is 0.000000181. The van der Waals surface area contributed by atoms with Crippen LogP contribution in [0.3, 0.4) is 0 Å². The van der Waals surface area contributed by atoms with Crippen molar-refractivity contribution in [3.63, 3.8) is 0 Å². The highest BCUT2D eigenvalue weighted by molar-refractivity contribution is 5.36. The molecule has 17 heavy (non-hydrogen) atoms. The summed E-state index contributed by atoms with van der Waals surface area (Å²) in [5.41, 5.74) is 1.96. The summed E-state index contributed by atoms with van der Waals surface area (Å²) in [6.07, 6.45) is 5.14. The molecule has 0 atom stereocenters.